The maximum atomic E-state index is 12.4. The van der Waals surface area contributed by atoms with Crippen LogP contribution < -0.4 is 5.73 Å². The van der Waals surface area contributed by atoms with Gasteiger partial charge in [-0.25, -0.2) is 0 Å². The van der Waals surface area contributed by atoms with Gasteiger partial charge in [0.2, 0.25) is 0 Å². The van der Waals surface area contributed by atoms with Crippen LogP contribution in [0.1, 0.15) is 36.4 Å². The molecule has 1 amide bonds. The first-order chi connectivity index (χ1) is 8.41. The second kappa shape index (κ2) is 6.54. The summed E-state index contributed by atoms with van der Waals surface area (Å²) in [7, 11) is 0. The molecule has 0 spiro atoms. The van der Waals surface area contributed by atoms with Crippen molar-refractivity contribution in [2.24, 2.45) is 11.7 Å². The summed E-state index contributed by atoms with van der Waals surface area (Å²) in [4.78, 5) is 14.6. The summed E-state index contributed by atoms with van der Waals surface area (Å²) in [6.45, 7) is 7.17. The van der Waals surface area contributed by atoms with Crippen molar-refractivity contribution in [3.63, 3.8) is 0 Å². The van der Waals surface area contributed by atoms with Gasteiger partial charge in [-0.15, -0.1) is 0 Å². The molecular weight excluding hydrogens is 248 g/mol. The second-order valence-corrected chi connectivity index (χ2v) is 5.28. The maximum Gasteiger partial charge on any atom is 0.257 e. The van der Waals surface area contributed by atoms with Gasteiger partial charge in [-0.05, 0) is 18.9 Å². The summed E-state index contributed by atoms with van der Waals surface area (Å²) < 4.78 is 5.17. The fourth-order valence-corrected chi connectivity index (χ4v) is 1.83. The Bertz CT molecular complexity index is 426. The van der Waals surface area contributed by atoms with E-state index in [0.717, 1.165) is 0 Å². The molecule has 0 aliphatic carbocycles. The molecular formula is C13H20N2O2S. The van der Waals surface area contributed by atoms with E-state index in [1.165, 1.54) is 6.26 Å². The molecule has 0 bridgehead atoms. The molecule has 0 radical (unpaired) electrons. The van der Waals surface area contributed by atoms with Gasteiger partial charge >= 0.3 is 0 Å². The van der Waals surface area contributed by atoms with Gasteiger partial charge in [-0.1, -0.05) is 26.1 Å². The number of furan rings is 1. The summed E-state index contributed by atoms with van der Waals surface area (Å²) in [5.41, 5.74) is 6.11. The topological polar surface area (TPSA) is 59.5 Å². The Morgan fingerprint density at radius 1 is 1.56 bits per heavy atom. The van der Waals surface area contributed by atoms with Gasteiger partial charge < -0.3 is 15.1 Å². The normalized spacial score (nSPS) is 10.7. The number of nitrogens with zero attached hydrogens (tertiary/aromatic N) is 1. The standard InChI is InChI=1S/C13H20N2O2S/c1-9(2)8-15(6-4-12(14)18)13(16)11-5-7-17-10(11)3/h5,7,9H,4,6,8H2,1-3H3,(H2,14,18). The lowest BCUT2D eigenvalue weighted by atomic mass is 10.1. The Balaban J connectivity index is 2.78. The van der Waals surface area contributed by atoms with Crippen LogP contribution >= 0.6 is 12.2 Å². The van der Waals surface area contributed by atoms with E-state index < -0.39 is 0 Å². The average Bonchev–Trinajstić information content (AvgIpc) is 2.69. The first-order valence-electron chi connectivity index (χ1n) is 6.03. The molecule has 1 rings (SSSR count). The fraction of sp³-hybridized carbons (Fsp3) is 0.538. The number of amides is 1. The van der Waals surface area contributed by atoms with Crippen molar-refractivity contribution in [1.82, 2.24) is 4.90 Å². The molecule has 0 fully saturated rings. The number of aryl methyl sites for hydroxylation is 1. The minimum Gasteiger partial charge on any atom is -0.469 e. The lowest BCUT2D eigenvalue weighted by molar-refractivity contribution is 0.0739. The molecule has 0 aromatic carbocycles. The van der Waals surface area contributed by atoms with Crippen LogP contribution in [0.15, 0.2) is 16.7 Å². The van der Waals surface area contributed by atoms with Crippen molar-refractivity contribution in [3.8, 4) is 0 Å². The molecule has 18 heavy (non-hydrogen) atoms. The van der Waals surface area contributed by atoms with Gasteiger partial charge in [0.1, 0.15) is 5.76 Å². The highest BCUT2D eigenvalue weighted by molar-refractivity contribution is 7.80. The lowest BCUT2D eigenvalue weighted by Gasteiger charge is -2.24. The monoisotopic (exact) mass is 268 g/mol. The molecule has 0 atom stereocenters. The van der Waals surface area contributed by atoms with Gasteiger partial charge in [-0.3, -0.25) is 4.79 Å². The van der Waals surface area contributed by atoms with Crippen LogP contribution in [0.3, 0.4) is 0 Å². The number of rotatable bonds is 6. The predicted octanol–water partition coefficient (Wildman–Crippen LogP) is 2.36. The number of carbonyl (C=O) groups excluding carboxylic acids is 1. The predicted molar refractivity (Wildman–Crippen MR) is 75.6 cm³/mol. The molecule has 2 N–H and O–H groups in total. The van der Waals surface area contributed by atoms with E-state index in [9.17, 15) is 4.79 Å². The summed E-state index contributed by atoms with van der Waals surface area (Å²) in [6.07, 6.45) is 2.08. The summed E-state index contributed by atoms with van der Waals surface area (Å²) >= 11 is 4.86. The van der Waals surface area contributed by atoms with Crippen molar-refractivity contribution >= 4 is 23.1 Å². The smallest absolute Gasteiger partial charge is 0.257 e. The van der Waals surface area contributed by atoms with E-state index in [1.807, 2.05) is 0 Å². The minimum absolute atomic E-state index is 0.0220. The molecule has 1 aromatic heterocycles. The van der Waals surface area contributed by atoms with Gasteiger partial charge in [0.15, 0.2) is 0 Å². The van der Waals surface area contributed by atoms with E-state index >= 15 is 0 Å². The third kappa shape index (κ3) is 4.14. The van der Waals surface area contributed by atoms with E-state index in [0.29, 0.717) is 41.7 Å². The van der Waals surface area contributed by atoms with Crippen LogP contribution in [-0.4, -0.2) is 28.9 Å². The van der Waals surface area contributed by atoms with Crippen LogP contribution in [0, 0.1) is 12.8 Å². The Hall–Kier alpha value is -1.36. The van der Waals surface area contributed by atoms with Crippen molar-refractivity contribution in [3.05, 3.63) is 23.7 Å². The average molecular weight is 268 g/mol. The molecule has 0 saturated carbocycles. The zero-order valence-electron chi connectivity index (χ0n) is 11.1. The van der Waals surface area contributed by atoms with Gasteiger partial charge in [0.25, 0.3) is 5.91 Å². The van der Waals surface area contributed by atoms with Crippen LogP contribution in [0.4, 0.5) is 0 Å². The first-order valence-corrected chi connectivity index (χ1v) is 6.44. The highest BCUT2D eigenvalue weighted by Crippen LogP contribution is 2.13. The highest BCUT2D eigenvalue weighted by atomic mass is 32.1. The molecule has 1 heterocycles. The molecule has 0 unspecified atom stereocenters. The molecule has 0 saturated heterocycles. The van der Waals surface area contributed by atoms with Crippen LogP contribution in [0.5, 0.6) is 0 Å². The lowest BCUT2D eigenvalue weighted by Crippen LogP contribution is -2.36. The van der Waals surface area contributed by atoms with E-state index in [-0.39, 0.29) is 5.91 Å². The molecule has 1 aromatic rings. The summed E-state index contributed by atoms with van der Waals surface area (Å²) in [5, 5.41) is 0. The molecule has 100 valence electrons. The highest BCUT2D eigenvalue weighted by Gasteiger charge is 2.20. The Labute approximate surface area is 113 Å². The van der Waals surface area contributed by atoms with Gasteiger partial charge in [0, 0.05) is 19.5 Å². The molecule has 0 aliphatic rings. The third-order valence-electron chi connectivity index (χ3n) is 2.59. The van der Waals surface area contributed by atoms with Gasteiger partial charge in [0.05, 0.1) is 16.8 Å². The Morgan fingerprint density at radius 2 is 2.22 bits per heavy atom. The van der Waals surface area contributed by atoms with Crippen LogP contribution in [-0.2, 0) is 0 Å². The van der Waals surface area contributed by atoms with Crippen molar-refractivity contribution in [2.75, 3.05) is 13.1 Å². The second-order valence-electron chi connectivity index (χ2n) is 4.75. The Kier molecular flexibility index (Phi) is 5.34. The largest absolute Gasteiger partial charge is 0.469 e. The van der Waals surface area contributed by atoms with Crippen molar-refractivity contribution < 1.29 is 9.21 Å². The van der Waals surface area contributed by atoms with Crippen LogP contribution in [0.25, 0.3) is 0 Å². The van der Waals surface area contributed by atoms with E-state index in [2.05, 4.69) is 13.8 Å². The third-order valence-corrected chi connectivity index (χ3v) is 2.79. The SMILES string of the molecule is Cc1occc1C(=O)N(CCC(N)=S)CC(C)C. The van der Waals surface area contributed by atoms with Crippen LogP contribution in [0.2, 0.25) is 0 Å². The van der Waals surface area contributed by atoms with E-state index in [1.54, 1.807) is 17.9 Å². The Morgan fingerprint density at radius 3 is 2.67 bits per heavy atom. The molecule has 4 nitrogen and oxygen atoms in total. The number of nitrogens with two attached hydrogens (primary N) is 1. The first kappa shape index (κ1) is 14.7. The number of hydrogen-bond acceptors (Lipinski definition) is 3. The maximum absolute atomic E-state index is 12.4. The quantitative estimate of drug-likeness (QED) is 0.805. The van der Waals surface area contributed by atoms with Crippen molar-refractivity contribution in [1.29, 1.82) is 0 Å². The number of hydrogen-bond donors (Lipinski definition) is 1. The summed E-state index contributed by atoms with van der Waals surface area (Å²) in [6, 6.07) is 1.70. The zero-order chi connectivity index (χ0) is 13.7. The molecule has 0 aliphatic heterocycles. The fourth-order valence-electron chi connectivity index (χ4n) is 1.74. The minimum atomic E-state index is -0.0220. The van der Waals surface area contributed by atoms with E-state index in [4.69, 9.17) is 22.4 Å². The number of carbonyl (C=O) groups is 1. The van der Waals surface area contributed by atoms with Crippen molar-refractivity contribution in [2.45, 2.75) is 27.2 Å². The molecule has 5 heteroatoms. The summed E-state index contributed by atoms with van der Waals surface area (Å²) in [5.74, 6) is 1.02. The zero-order valence-corrected chi connectivity index (χ0v) is 11.9. The van der Waals surface area contributed by atoms with Gasteiger partial charge in [-0.2, -0.15) is 0 Å². The number of thiocarbonyl (C=S) groups is 1.